The molecule has 1 saturated heterocycles. The highest BCUT2D eigenvalue weighted by Gasteiger charge is 2.34. The highest BCUT2D eigenvalue weighted by Crippen LogP contribution is 2.17. The van der Waals surface area contributed by atoms with Crippen molar-refractivity contribution in [2.45, 2.75) is 90.4 Å². The molecule has 266 valence electrons. The third-order valence-corrected chi connectivity index (χ3v) is 7.63. The molecular formula is C29H52N10O8. The summed E-state index contributed by atoms with van der Waals surface area (Å²) in [6.07, 6.45) is 2.20. The number of carbonyl (C=O) groups excluding carboxylic acids is 6. The van der Waals surface area contributed by atoms with E-state index in [1.54, 1.807) is 0 Å². The fourth-order valence-corrected chi connectivity index (χ4v) is 4.76. The first-order chi connectivity index (χ1) is 22.1. The van der Waals surface area contributed by atoms with Gasteiger partial charge in [0.25, 0.3) is 0 Å². The third-order valence-electron chi connectivity index (χ3n) is 7.63. The van der Waals surface area contributed by atoms with Crippen molar-refractivity contribution < 1.29 is 38.7 Å². The van der Waals surface area contributed by atoms with E-state index in [4.69, 9.17) is 17.2 Å². The summed E-state index contributed by atoms with van der Waals surface area (Å²) in [5, 5.41) is 21.7. The molecule has 1 fully saturated rings. The third kappa shape index (κ3) is 15.1. The van der Waals surface area contributed by atoms with Gasteiger partial charge < -0.3 is 53.8 Å². The second-order valence-electron chi connectivity index (χ2n) is 12.0. The van der Waals surface area contributed by atoms with Crippen LogP contribution in [-0.4, -0.2) is 114 Å². The first kappa shape index (κ1) is 40.5. The molecule has 1 aliphatic rings. The smallest absolute Gasteiger partial charge is 0.326 e. The molecule has 6 amide bonds. The Labute approximate surface area is 274 Å². The van der Waals surface area contributed by atoms with Crippen molar-refractivity contribution in [2.75, 3.05) is 32.7 Å². The molecule has 5 atom stereocenters. The first-order valence-corrected chi connectivity index (χ1v) is 15.8. The van der Waals surface area contributed by atoms with Crippen LogP contribution in [0.5, 0.6) is 0 Å². The zero-order valence-electron chi connectivity index (χ0n) is 27.7. The van der Waals surface area contributed by atoms with Crippen LogP contribution in [0.25, 0.3) is 0 Å². The maximum Gasteiger partial charge on any atom is 0.326 e. The molecule has 47 heavy (non-hydrogen) atoms. The van der Waals surface area contributed by atoms with Crippen molar-refractivity contribution in [3.8, 4) is 0 Å². The maximum atomic E-state index is 12.9. The zero-order valence-corrected chi connectivity index (χ0v) is 27.7. The molecule has 0 aliphatic carbocycles. The van der Waals surface area contributed by atoms with Gasteiger partial charge in [0.2, 0.25) is 35.4 Å². The average molecular weight is 669 g/mol. The lowest BCUT2D eigenvalue weighted by atomic mass is 9.99. The van der Waals surface area contributed by atoms with Gasteiger partial charge in [-0.1, -0.05) is 34.1 Å². The van der Waals surface area contributed by atoms with Gasteiger partial charge in [0.1, 0.15) is 18.1 Å². The van der Waals surface area contributed by atoms with Crippen molar-refractivity contribution in [3.05, 3.63) is 0 Å². The summed E-state index contributed by atoms with van der Waals surface area (Å²) >= 11 is 0. The average Bonchev–Trinajstić information content (AvgIpc) is 3.51. The summed E-state index contributed by atoms with van der Waals surface area (Å²) in [4.78, 5) is 92.4. The Morgan fingerprint density at radius 3 is 2.06 bits per heavy atom. The predicted molar refractivity (Wildman–Crippen MR) is 172 cm³/mol. The summed E-state index contributed by atoms with van der Waals surface area (Å²) in [5.74, 6) is -5.04. The number of nitrogens with one attached hydrogen (secondary N) is 5. The topological polar surface area (TPSA) is 294 Å². The Hall–Kier alpha value is -4.48. The largest absolute Gasteiger partial charge is 0.480 e. The monoisotopic (exact) mass is 668 g/mol. The Kier molecular flexibility index (Phi) is 17.8. The molecule has 0 aromatic rings. The number of likely N-dealkylation sites (tertiary alicyclic amines) is 1. The van der Waals surface area contributed by atoms with Gasteiger partial charge in [-0.05, 0) is 43.9 Å². The molecule has 0 aromatic heterocycles. The predicted octanol–water partition coefficient (Wildman–Crippen LogP) is -3.15. The highest BCUT2D eigenvalue weighted by atomic mass is 16.4. The van der Waals surface area contributed by atoms with Crippen molar-refractivity contribution in [3.63, 3.8) is 0 Å². The number of aliphatic carboxylic acids is 1. The van der Waals surface area contributed by atoms with Gasteiger partial charge in [-0.15, -0.1) is 0 Å². The highest BCUT2D eigenvalue weighted by molar-refractivity contribution is 5.95. The summed E-state index contributed by atoms with van der Waals surface area (Å²) < 4.78 is 0. The number of guanidine groups is 1. The van der Waals surface area contributed by atoms with Gasteiger partial charge >= 0.3 is 5.97 Å². The van der Waals surface area contributed by atoms with E-state index in [1.807, 2.05) is 27.7 Å². The lowest BCUT2D eigenvalue weighted by Gasteiger charge is -2.25. The van der Waals surface area contributed by atoms with Crippen LogP contribution in [0.2, 0.25) is 0 Å². The summed E-state index contributed by atoms with van der Waals surface area (Å²) in [6, 6.07) is -3.85. The van der Waals surface area contributed by atoms with Gasteiger partial charge in [0.15, 0.2) is 5.96 Å². The van der Waals surface area contributed by atoms with Gasteiger partial charge in [-0.3, -0.25) is 33.8 Å². The summed E-state index contributed by atoms with van der Waals surface area (Å²) in [6.45, 7) is 6.56. The number of nitrogens with two attached hydrogens (primary N) is 3. The standard InChI is InChI=1S/C29H52N10O8/c1-5-17(4)24(30)27(45)36-15-23(42)39-11-7-9-20(39)26(44)35-14-22(41)38-19(12-16(2)3)25(43)34-13-21(40)37-18(28(46)47)8-6-10-33-29(31)32/h16-20,24H,5-15,30H2,1-4H3,(H,34,43)(H,35,44)(H,36,45)(H,37,40)(H,38,41)(H,46,47)(H4,31,32,33)/t17-,18-,19-,20-,24-/m0/s1. The second kappa shape index (κ2) is 20.6. The van der Waals surface area contributed by atoms with Gasteiger partial charge in [0.05, 0.1) is 25.7 Å². The lowest BCUT2D eigenvalue weighted by Crippen LogP contribution is -2.54. The molecule has 0 unspecified atom stereocenters. The van der Waals surface area contributed by atoms with Crippen molar-refractivity contribution >= 4 is 47.4 Å². The van der Waals surface area contributed by atoms with E-state index in [9.17, 15) is 38.7 Å². The molecule has 1 heterocycles. The fraction of sp³-hybridized carbons (Fsp3) is 0.724. The van der Waals surface area contributed by atoms with Crippen LogP contribution >= 0.6 is 0 Å². The van der Waals surface area contributed by atoms with E-state index in [0.717, 1.165) is 0 Å². The molecule has 0 aromatic carbocycles. The van der Waals surface area contributed by atoms with Crippen LogP contribution in [0.15, 0.2) is 4.99 Å². The first-order valence-electron chi connectivity index (χ1n) is 15.8. The molecule has 0 radical (unpaired) electrons. The van der Waals surface area contributed by atoms with Crippen LogP contribution in [0.3, 0.4) is 0 Å². The van der Waals surface area contributed by atoms with Crippen LogP contribution in [0.1, 0.15) is 66.2 Å². The van der Waals surface area contributed by atoms with Crippen molar-refractivity contribution in [2.24, 2.45) is 34.0 Å². The molecule has 0 bridgehead atoms. The molecule has 1 aliphatic heterocycles. The van der Waals surface area contributed by atoms with Gasteiger partial charge in [-0.25, -0.2) is 4.79 Å². The van der Waals surface area contributed by atoms with Crippen molar-refractivity contribution in [1.82, 2.24) is 31.5 Å². The van der Waals surface area contributed by atoms with Crippen LogP contribution in [0.4, 0.5) is 0 Å². The quantitative estimate of drug-likeness (QED) is 0.0355. The number of hydrogen-bond acceptors (Lipinski definition) is 9. The van der Waals surface area contributed by atoms with Crippen molar-refractivity contribution in [1.29, 1.82) is 0 Å². The zero-order chi connectivity index (χ0) is 35.7. The lowest BCUT2D eigenvalue weighted by molar-refractivity contribution is -0.142. The molecule has 1 rings (SSSR count). The fourth-order valence-electron chi connectivity index (χ4n) is 4.76. The molecule has 12 N–H and O–H groups in total. The normalized spacial score (nSPS) is 16.6. The van der Waals surface area contributed by atoms with Crippen LogP contribution < -0.4 is 43.8 Å². The minimum Gasteiger partial charge on any atom is -0.480 e. The van der Waals surface area contributed by atoms with E-state index in [2.05, 4.69) is 31.6 Å². The molecular weight excluding hydrogens is 616 g/mol. The Balaban J connectivity index is 2.64. The number of amides is 6. The van der Waals surface area contributed by atoms with Gasteiger partial charge in [-0.2, -0.15) is 0 Å². The Bertz CT molecular complexity index is 1140. The maximum absolute atomic E-state index is 12.9. The number of nitrogens with zero attached hydrogens (tertiary/aromatic N) is 2. The number of aliphatic imine (C=N–C) groups is 1. The van der Waals surface area contributed by atoms with E-state index in [-0.39, 0.29) is 43.7 Å². The number of rotatable bonds is 20. The molecule has 0 spiro atoms. The van der Waals surface area contributed by atoms with E-state index >= 15 is 0 Å². The minimum absolute atomic E-state index is 0.0330. The number of carboxylic acid groups (broad SMARTS) is 1. The van der Waals surface area contributed by atoms with Gasteiger partial charge in [0, 0.05) is 13.1 Å². The Morgan fingerprint density at radius 1 is 0.894 bits per heavy atom. The summed E-state index contributed by atoms with van der Waals surface area (Å²) in [7, 11) is 0. The van der Waals surface area contributed by atoms with Crippen LogP contribution in [-0.2, 0) is 33.6 Å². The van der Waals surface area contributed by atoms with E-state index < -0.39 is 78.7 Å². The van der Waals surface area contributed by atoms with E-state index in [1.165, 1.54) is 4.90 Å². The second-order valence-corrected chi connectivity index (χ2v) is 12.0. The van der Waals surface area contributed by atoms with Crippen LogP contribution in [0, 0.1) is 11.8 Å². The summed E-state index contributed by atoms with van der Waals surface area (Å²) in [5.41, 5.74) is 16.4. The minimum atomic E-state index is -1.26. The molecule has 18 nitrogen and oxygen atoms in total. The molecule has 0 saturated carbocycles. The number of carboxylic acids is 1. The SMILES string of the molecule is CC[C@H](C)[C@H](N)C(=O)NCC(=O)N1CCC[C@H]1C(=O)NCC(=O)N[C@@H](CC(C)C)C(=O)NCC(=O)N[C@@H](CCCN=C(N)N)C(=O)O. The Morgan fingerprint density at radius 2 is 1.49 bits per heavy atom. The number of carbonyl (C=O) groups is 7. The van der Waals surface area contributed by atoms with E-state index in [0.29, 0.717) is 32.2 Å². The number of hydrogen-bond donors (Lipinski definition) is 9. The molecule has 18 heteroatoms.